The first kappa shape index (κ1) is 15.9. The maximum absolute atomic E-state index is 13.4. The summed E-state index contributed by atoms with van der Waals surface area (Å²) < 4.78 is 41.3. The van der Waals surface area contributed by atoms with E-state index in [4.69, 9.17) is 5.73 Å². The molecule has 23 heavy (non-hydrogen) atoms. The Morgan fingerprint density at radius 2 is 1.96 bits per heavy atom. The van der Waals surface area contributed by atoms with E-state index < -0.39 is 23.0 Å². The number of anilines is 1. The zero-order chi connectivity index (χ0) is 16.8. The average molecular weight is 325 g/mol. The number of nitrogens with zero attached hydrogens (tertiary/aromatic N) is 2. The molecule has 2 heterocycles. The number of nitrogen functional groups attached to an aromatic ring is 1. The van der Waals surface area contributed by atoms with Gasteiger partial charge in [0.05, 0.1) is 11.1 Å². The highest BCUT2D eigenvalue weighted by molar-refractivity contribution is 5.87. The van der Waals surface area contributed by atoms with Crippen molar-refractivity contribution >= 4 is 16.6 Å². The first-order chi connectivity index (χ1) is 10.8. The van der Waals surface area contributed by atoms with Gasteiger partial charge in [-0.2, -0.15) is 13.2 Å². The van der Waals surface area contributed by atoms with Crippen LogP contribution in [-0.2, 0) is 19.6 Å². The van der Waals surface area contributed by atoms with Gasteiger partial charge in [0.2, 0.25) is 0 Å². The van der Waals surface area contributed by atoms with Crippen LogP contribution in [0.25, 0.3) is 10.9 Å². The number of pyridine rings is 1. The second-order valence-electron chi connectivity index (χ2n) is 5.95. The first-order valence-electron chi connectivity index (χ1n) is 7.49. The second kappa shape index (κ2) is 5.56. The lowest BCUT2D eigenvalue weighted by atomic mass is 10.0. The van der Waals surface area contributed by atoms with Gasteiger partial charge in [-0.25, -0.2) is 0 Å². The predicted octanol–water partition coefficient (Wildman–Crippen LogP) is 2.39. The minimum absolute atomic E-state index is 0.0155. The molecule has 2 N–H and O–H groups in total. The van der Waals surface area contributed by atoms with Gasteiger partial charge in [0.15, 0.2) is 0 Å². The number of hydrogen-bond donors (Lipinski definition) is 1. The Morgan fingerprint density at radius 1 is 1.26 bits per heavy atom. The topological polar surface area (TPSA) is 51.3 Å². The number of rotatable bonds is 3. The van der Waals surface area contributed by atoms with E-state index in [1.54, 1.807) is 12.1 Å². The van der Waals surface area contributed by atoms with Gasteiger partial charge >= 0.3 is 6.18 Å². The predicted molar refractivity (Wildman–Crippen MR) is 83.4 cm³/mol. The molecule has 0 saturated carbocycles. The molecular weight excluding hydrogens is 307 g/mol. The van der Waals surface area contributed by atoms with Crippen LogP contribution in [0.2, 0.25) is 0 Å². The Bertz CT molecular complexity index is 807. The molecule has 4 nitrogen and oxygen atoms in total. The van der Waals surface area contributed by atoms with Gasteiger partial charge in [0.1, 0.15) is 5.69 Å². The smallest absolute Gasteiger partial charge is 0.394 e. The molecule has 0 spiro atoms. The van der Waals surface area contributed by atoms with Crippen LogP contribution in [-0.4, -0.2) is 29.1 Å². The standard InChI is InChI=1S/C16H18F3N3O/c1-21-12-4-3-10(5-8-22-6-2-7-22)9-11(12)13(16(17,18)19)14(20)15(21)23/h3-4,9H,2,5-8,20H2,1H3. The summed E-state index contributed by atoms with van der Waals surface area (Å²) in [7, 11) is 1.43. The summed E-state index contributed by atoms with van der Waals surface area (Å²) in [6.07, 6.45) is -2.81. The Kier molecular flexibility index (Phi) is 3.83. The third-order valence-corrected chi connectivity index (χ3v) is 4.44. The highest BCUT2D eigenvalue weighted by atomic mass is 19.4. The van der Waals surface area contributed by atoms with Crippen LogP contribution in [0.5, 0.6) is 0 Å². The summed E-state index contributed by atoms with van der Waals surface area (Å²) in [5, 5.41) is -0.0155. The third kappa shape index (κ3) is 2.81. The number of aromatic nitrogens is 1. The van der Waals surface area contributed by atoms with Crippen molar-refractivity contribution in [3.63, 3.8) is 0 Å². The summed E-state index contributed by atoms with van der Waals surface area (Å²) in [5.74, 6) is 0. The number of benzene rings is 1. The maximum Gasteiger partial charge on any atom is 0.419 e. The summed E-state index contributed by atoms with van der Waals surface area (Å²) in [6, 6.07) is 4.85. The molecule has 7 heteroatoms. The van der Waals surface area contributed by atoms with Crippen LogP contribution < -0.4 is 11.3 Å². The quantitative estimate of drug-likeness (QED) is 0.943. The van der Waals surface area contributed by atoms with E-state index in [2.05, 4.69) is 4.90 Å². The summed E-state index contributed by atoms with van der Waals surface area (Å²) in [5.41, 5.74) is 3.94. The van der Waals surface area contributed by atoms with Crippen LogP contribution in [0.3, 0.4) is 0 Å². The molecule has 1 aromatic carbocycles. The zero-order valence-electron chi connectivity index (χ0n) is 12.8. The van der Waals surface area contributed by atoms with Crippen molar-refractivity contribution < 1.29 is 13.2 Å². The van der Waals surface area contributed by atoms with Gasteiger partial charge in [-0.05, 0) is 43.6 Å². The zero-order valence-corrected chi connectivity index (χ0v) is 12.8. The number of fused-ring (bicyclic) bond motifs is 1. The van der Waals surface area contributed by atoms with E-state index in [0.29, 0.717) is 6.42 Å². The largest absolute Gasteiger partial charge is 0.419 e. The molecule has 2 aromatic rings. The molecule has 0 aliphatic carbocycles. The molecule has 1 saturated heterocycles. The fraction of sp³-hybridized carbons (Fsp3) is 0.438. The lowest BCUT2D eigenvalue weighted by Crippen LogP contribution is -2.38. The van der Waals surface area contributed by atoms with Crippen LogP contribution in [0.4, 0.5) is 18.9 Å². The Labute approximate surface area is 131 Å². The Balaban J connectivity index is 2.11. The van der Waals surface area contributed by atoms with Gasteiger partial charge in [0, 0.05) is 19.0 Å². The number of halogens is 3. The highest BCUT2D eigenvalue weighted by Gasteiger charge is 2.37. The van der Waals surface area contributed by atoms with Crippen molar-refractivity contribution in [1.82, 2.24) is 9.47 Å². The van der Waals surface area contributed by atoms with Gasteiger partial charge in [0.25, 0.3) is 5.56 Å². The van der Waals surface area contributed by atoms with E-state index in [1.807, 2.05) is 0 Å². The van der Waals surface area contributed by atoms with Crippen LogP contribution in [0.1, 0.15) is 17.5 Å². The molecule has 0 amide bonds. The number of alkyl halides is 3. The molecule has 0 atom stereocenters. The average Bonchev–Trinajstić information content (AvgIpc) is 2.42. The first-order valence-corrected chi connectivity index (χ1v) is 7.49. The second-order valence-corrected chi connectivity index (χ2v) is 5.95. The van der Waals surface area contributed by atoms with E-state index in [-0.39, 0.29) is 10.9 Å². The fourth-order valence-electron chi connectivity index (χ4n) is 2.97. The van der Waals surface area contributed by atoms with Crippen molar-refractivity contribution in [2.75, 3.05) is 25.4 Å². The maximum atomic E-state index is 13.4. The third-order valence-electron chi connectivity index (χ3n) is 4.44. The number of likely N-dealkylation sites (tertiary alicyclic amines) is 1. The molecule has 3 rings (SSSR count). The van der Waals surface area contributed by atoms with Crippen molar-refractivity contribution in [1.29, 1.82) is 0 Å². The molecule has 1 aliphatic rings. The lowest BCUT2D eigenvalue weighted by Gasteiger charge is -2.30. The SMILES string of the molecule is Cn1c(=O)c(N)c(C(F)(F)F)c2cc(CCN3CCC3)ccc21. The van der Waals surface area contributed by atoms with E-state index >= 15 is 0 Å². The molecule has 1 aromatic heterocycles. The molecule has 0 unspecified atom stereocenters. The minimum Gasteiger partial charge on any atom is -0.394 e. The fourth-order valence-corrected chi connectivity index (χ4v) is 2.97. The van der Waals surface area contributed by atoms with Crippen molar-refractivity contribution in [2.24, 2.45) is 7.05 Å². The summed E-state index contributed by atoms with van der Waals surface area (Å²) in [4.78, 5) is 14.2. The molecule has 1 aliphatic heterocycles. The van der Waals surface area contributed by atoms with Gasteiger partial charge in [-0.15, -0.1) is 0 Å². The monoisotopic (exact) mass is 325 g/mol. The Hall–Kier alpha value is -2.02. The Morgan fingerprint density at radius 3 is 2.52 bits per heavy atom. The van der Waals surface area contributed by atoms with Crippen molar-refractivity contribution in [3.8, 4) is 0 Å². The van der Waals surface area contributed by atoms with Crippen molar-refractivity contribution in [3.05, 3.63) is 39.7 Å². The minimum atomic E-state index is -4.66. The van der Waals surface area contributed by atoms with Gasteiger partial charge in [-0.3, -0.25) is 4.79 Å². The van der Waals surface area contributed by atoms with Gasteiger partial charge in [-0.1, -0.05) is 6.07 Å². The van der Waals surface area contributed by atoms with Crippen molar-refractivity contribution in [2.45, 2.75) is 19.0 Å². The molecule has 1 fully saturated rings. The van der Waals surface area contributed by atoms with E-state index in [0.717, 1.165) is 25.2 Å². The summed E-state index contributed by atoms with van der Waals surface area (Å²) in [6.45, 7) is 2.92. The van der Waals surface area contributed by atoms with Crippen LogP contribution in [0, 0.1) is 0 Å². The number of hydrogen-bond acceptors (Lipinski definition) is 3. The molecule has 124 valence electrons. The van der Waals surface area contributed by atoms with E-state index in [9.17, 15) is 18.0 Å². The van der Waals surface area contributed by atoms with E-state index in [1.165, 1.54) is 24.1 Å². The molecular formula is C16H18F3N3O. The lowest BCUT2D eigenvalue weighted by molar-refractivity contribution is -0.135. The normalized spacial score (nSPS) is 15.8. The number of nitrogens with two attached hydrogens (primary N) is 1. The number of aryl methyl sites for hydroxylation is 1. The van der Waals surface area contributed by atoms with Gasteiger partial charge < -0.3 is 15.2 Å². The highest BCUT2D eigenvalue weighted by Crippen LogP contribution is 2.37. The van der Waals surface area contributed by atoms with Crippen LogP contribution in [0.15, 0.2) is 23.0 Å². The molecule has 0 radical (unpaired) electrons. The molecule has 0 bridgehead atoms. The van der Waals surface area contributed by atoms with Crippen LogP contribution >= 0.6 is 0 Å². The summed E-state index contributed by atoms with van der Waals surface area (Å²) >= 11 is 0.